The van der Waals surface area contributed by atoms with Crippen LogP contribution in [0.4, 0.5) is 0 Å². The molecule has 2 N–H and O–H groups in total. The van der Waals surface area contributed by atoms with Gasteiger partial charge in [-0.1, -0.05) is 40.0 Å². The molecule has 0 aromatic rings. The van der Waals surface area contributed by atoms with Gasteiger partial charge in [0, 0.05) is 6.54 Å². The first-order chi connectivity index (χ1) is 8.99. The summed E-state index contributed by atoms with van der Waals surface area (Å²) in [5.74, 6) is 2.40. The smallest absolute Gasteiger partial charge is 0.236 e. The standard InChI is InChI=1S/C16H32N2O/c1-12(2)11-18-16(19)14(4)17-9-8-15-7-5-6-13(3)10-15/h12-15,17H,5-11H2,1-4H3,(H,18,19). The summed E-state index contributed by atoms with van der Waals surface area (Å²) in [5.41, 5.74) is 0. The van der Waals surface area contributed by atoms with Crippen molar-refractivity contribution in [2.24, 2.45) is 17.8 Å². The van der Waals surface area contributed by atoms with Crippen molar-refractivity contribution in [3.8, 4) is 0 Å². The Bertz CT molecular complexity index is 265. The zero-order valence-electron chi connectivity index (χ0n) is 13.2. The highest BCUT2D eigenvalue weighted by Gasteiger charge is 2.19. The second-order valence-corrected chi connectivity index (χ2v) is 6.74. The van der Waals surface area contributed by atoms with Crippen molar-refractivity contribution in [2.45, 2.75) is 65.8 Å². The van der Waals surface area contributed by atoms with Crippen LogP contribution < -0.4 is 10.6 Å². The molecule has 0 spiro atoms. The monoisotopic (exact) mass is 268 g/mol. The predicted octanol–water partition coefficient (Wildman–Crippen LogP) is 2.95. The zero-order valence-corrected chi connectivity index (χ0v) is 13.2. The average Bonchev–Trinajstić information content (AvgIpc) is 2.35. The largest absolute Gasteiger partial charge is 0.354 e. The molecule has 1 saturated carbocycles. The summed E-state index contributed by atoms with van der Waals surface area (Å²) in [4.78, 5) is 11.8. The van der Waals surface area contributed by atoms with Crippen molar-refractivity contribution in [2.75, 3.05) is 13.1 Å². The van der Waals surface area contributed by atoms with Crippen LogP contribution in [0.3, 0.4) is 0 Å². The summed E-state index contributed by atoms with van der Waals surface area (Å²) in [7, 11) is 0. The average molecular weight is 268 g/mol. The van der Waals surface area contributed by atoms with Crippen LogP contribution in [-0.2, 0) is 4.79 Å². The van der Waals surface area contributed by atoms with Crippen LogP contribution in [0.15, 0.2) is 0 Å². The van der Waals surface area contributed by atoms with Gasteiger partial charge in [-0.05, 0) is 44.1 Å². The molecule has 1 rings (SSSR count). The van der Waals surface area contributed by atoms with E-state index in [0.717, 1.165) is 24.9 Å². The molecule has 0 saturated heterocycles. The van der Waals surface area contributed by atoms with E-state index in [2.05, 4.69) is 31.4 Å². The first-order valence-corrected chi connectivity index (χ1v) is 8.00. The number of nitrogens with one attached hydrogen (secondary N) is 2. The molecule has 0 radical (unpaired) electrons. The molecule has 3 heteroatoms. The predicted molar refractivity (Wildman–Crippen MR) is 81.1 cm³/mol. The molecule has 3 atom stereocenters. The molecule has 1 aliphatic rings. The van der Waals surface area contributed by atoms with E-state index in [-0.39, 0.29) is 11.9 Å². The summed E-state index contributed by atoms with van der Waals surface area (Å²) in [6, 6.07) is -0.0697. The highest BCUT2D eigenvalue weighted by Crippen LogP contribution is 2.30. The molecule has 1 fully saturated rings. The second kappa shape index (κ2) is 8.57. The quantitative estimate of drug-likeness (QED) is 0.745. The maximum Gasteiger partial charge on any atom is 0.236 e. The third kappa shape index (κ3) is 6.95. The third-order valence-corrected chi connectivity index (χ3v) is 4.13. The van der Waals surface area contributed by atoms with Crippen LogP contribution in [0.5, 0.6) is 0 Å². The van der Waals surface area contributed by atoms with E-state index in [4.69, 9.17) is 0 Å². The van der Waals surface area contributed by atoms with Crippen LogP contribution in [0.25, 0.3) is 0 Å². The highest BCUT2D eigenvalue weighted by atomic mass is 16.2. The number of carbonyl (C=O) groups is 1. The lowest BCUT2D eigenvalue weighted by molar-refractivity contribution is -0.122. The minimum absolute atomic E-state index is 0.0697. The van der Waals surface area contributed by atoms with E-state index in [0.29, 0.717) is 5.92 Å². The van der Waals surface area contributed by atoms with E-state index in [1.807, 2.05) is 6.92 Å². The van der Waals surface area contributed by atoms with Gasteiger partial charge in [-0.25, -0.2) is 0 Å². The van der Waals surface area contributed by atoms with Gasteiger partial charge in [-0.3, -0.25) is 4.79 Å². The molecule has 3 nitrogen and oxygen atoms in total. The summed E-state index contributed by atoms with van der Waals surface area (Å²) < 4.78 is 0. The number of hydrogen-bond acceptors (Lipinski definition) is 2. The first kappa shape index (κ1) is 16.5. The van der Waals surface area contributed by atoms with Crippen molar-refractivity contribution in [1.29, 1.82) is 0 Å². The van der Waals surface area contributed by atoms with Crippen LogP contribution in [-0.4, -0.2) is 25.0 Å². The fraction of sp³-hybridized carbons (Fsp3) is 0.938. The third-order valence-electron chi connectivity index (χ3n) is 4.13. The number of carbonyl (C=O) groups excluding carboxylic acids is 1. The van der Waals surface area contributed by atoms with Crippen molar-refractivity contribution >= 4 is 5.91 Å². The first-order valence-electron chi connectivity index (χ1n) is 8.00. The van der Waals surface area contributed by atoms with Crippen molar-refractivity contribution in [1.82, 2.24) is 10.6 Å². The maximum absolute atomic E-state index is 11.8. The molecule has 0 aromatic heterocycles. The van der Waals surface area contributed by atoms with Gasteiger partial charge >= 0.3 is 0 Å². The fourth-order valence-electron chi connectivity index (χ4n) is 2.88. The number of rotatable bonds is 7. The number of amides is 1. The van der Waals surface area contributed by atoms with Gasteiger partial charge in [0.1, 0.15) is 0 Å². The molecule has 0 aliphatic heterocycles. The lowest BCUT2D eigenvalue weighted by atomic mass is 9.81. The molecule has 0 heterocycles. The van der Waals surface area contributed by atoms with Gasteiger partial charge in [-0.15, -0.1) is 0 Å². The Balaban J connectivity index is 2.12. The Morgan fingerprint density at radius 3 is 2.63 bits per heavy atom. The molecule has 0 aromatic carbocycles. The lowest BCUT2D eigenvalue weighted by Gasteiger charge is -2.27. The van der Waals surface area contributed by atoms with Gasteiger partial charge in [0.15, 0.2) is 0 Å². The van der Waals surface area contributed by atoms with Gasteiger partial charge in [0.05, 0.1) is 6.04 Å². The molecular weight excluding hydrogens is 236 g/mol. The minimum Gasteiger partial charge on any atom is -0.354 e. The Morgan fingerprint density at radius 2 is 2.00 bits per heavy atom. The lowest BCUT2D eigenvalue weighted by Crippen LogP contribution is -2.43. The molecular formula is C16H32N2O. The van der Waals surface area contributed by atoms with Crippen LogP contribution in [0.1, 0.15) is 59.8 Å². The van der Waals surface area contributed by atoms with Gasteiger partial charge < -0.3 is 10.6 Å². The van der Waals surface area contributed by atoms with Crippen molar-refractivity contribution in [3.63, 3.8) is 0 Å². The molecule has 3 unspecified atom stereocenters. The van der Waals surface area contributed by atoms with E-state index in [1.54, 1.807) is 0 Å². The molecule has 19 heavy (non-hydrogen) atoms. The van der Waals surface area contributed by atoms with Gasteiger partial charge in [-0.2, -0.15) is 0 Å². The summed E-state index contributed by atoms with van der Waals surface area (Å²) in [6.45, 7) is 10.3. The van der Waals surface area contributed by atoms with Crippen LogP contribution in [0, 0.1) is 17.8 Å². The fourth-order valence-corrected chi connectivity index (χ4v) is 2.88. The molecule has 1 aliphatic carbocycles. The Morgan fingerprint density at radius 1 is 1.26 bits per heavy atom. The van der Waals surface area contributed by atoms with Gasteiger partial charge in [0.25, 0.3) is 0 Å². The van der Waals surface area contributed by atoms with Crippen molar-refractivity contribution in [3.05, 3.63) is 0 Å². The minimum atomic E-state index is -0.0697. The summed E-state index contributed by atoms with van der Waals surface area (Å²) in [6.07, 6.45) is 6.75. The Hall–Kier alpha value is -0.570. The zero-order chi connectivity index (χ0) is 14.3. The highest BCUT2D eigenvalue weighted by molar-refractivity contribution is 5.81. The molecule has 1 amide bonds. The van der Waals surface area contributed by atoms with Crippen LogP contribution in [0.2, 0.25) is 0 Å². The normalized spacial score (nSPS) is 25.3. The van der Waals surface area contributed by atoms with E-state index < -0.39 is 0 Å². The molecule has 112 valence electrons. The second-order valence-electron chi connectivity index (χ2n) is 6.74. The van der Waals surface area contributed by atoms with Gasteiger partial charge in [0.2, 0.25) is 5.91 Å². The van der Waals surface area contributed by atoms with E-state index >= 15 is 0 Å². The van der Waals surface area contributed by atoms with Crippen molar-refractivity contribution < 1.29 is 4.79 Å². The Kier molecular flexibility index (Phi) is 7.44. The van der Waals surface area contributed by atoms with E-state index in [9.17, 15) is 4.79 Å². The maximum atomic E-state index is 11.8. The summed E-state index contributed by atoms with van der Waals surface area (Å²) in [5, 5.41) is 6.33. The summed E-state index contributed by atoms with van der Waals surface area (Å²) >= 11 is 0. The molecule has 0 bridgehead atoms. The van der Waals surface area contributed by atoms with Crippen LogP contribution >= 0.6 is 0 Å². The Labute approximate surface area is 118 Å². The van der Waals surface area contributed by atoms with E-state index in [1.165, 1.54) is 32.1 Å². The SMILES string of the molecule is CC(C)CNC(=O)C(C)NCCC1CCCC(C)C1. The number of hydrogen-bond donors (Lipinski definition) is 2. The topological polar surface area (TPSA) is 41.1 Å².